The van der Waals surface area contributed by atoms with Crippen molar-refractivity contribution < 1.29 is 9.53 Å². The van der Waals surface area contributed by atoms with Crippen LogP contribution >= 0.6 is 0 Å². The number of ether oxygens (including phenoxy) is 1. The third-order valence-corrected chi connectivity index (χ3v) is 5.19. The summed E-state index contributed by atoms with van der Waals surface area (Å²) < 4.78 is 7.42. The normalized spacial score (nSPS) is 23.2. The highest BCUT2D eigenvalue weighted by Crippen LogP contribution is 2.28. The van der Waals surface area contributed by atoms with Crippen molar-refractivity contribution in [3.05, 3.63) is 36.5 Å². The molecule has 1 amide bonds. The van der Waals surface area contributed by atoms with E-state index in [0.29, 0.717) is 24.8 Å². The summed E-state index contributed by atoms with van der Waals surface area (Å²) in [7, 11) is 0. The Labute approximate surface area is 152 Å². The summed E-state index contributed by atoms with van der Waals surface area (Å²) in [4.78, 5) is 20.9. The average Bonchev–Trinajstić information content (AvgIpc) is 3.09. The summed E-state index contributed by atoms with van der Waals surface area (Å²) in [6.45, 7) is 1.98. The molecular formula is C18H24N6O2. The minimum absolute atomic E-state index is 0.0294. The molecule has 1 aliphatic heterocycles. The fourth-order valence-electron chi connectivity index (χ4n) is 3.45. The van der Waals surface area contributed by atoms with E-state index in [2.05, 4.69) is 25.7 Å². The molecule has 3 heterocycles. The summed E-state index contributed by atoms with van der Waals surface area (Å²) in [6.07, 6.45) is 9.38. The lowest BCUT2D eigenvalue weighted by Crippen LogP contribution is -2.52. The van der Waals surface area contributed by atoms with Crippen LogP contribution in [0, 0.1) is 5.92 Å². The van der Waals surface area contributed by atoms with Crippen molar-refractivity contribution in [2.45, 2.75) is 44.3 Å². The van der Waals surface area contributed by atoms with E-state index in [9.17, 15) is 4.79 Å². The third-order valence-electron chi connectivity index (χ3n) is 5.19. The van der Waals surface area contributed by atoms with Crippen molar-refractivity contribution >= 4 is 11.7 Å². The van der Waals surface area contributed by atoms with E-state index in [-0.39, 0.29) is 18.0 Å². The van der Waals surface area contributed by atoms with Crippen LogP contribution in [-0.4, -0.2) is 51.0 Å². The van der Waals surface area contributed by atoms with Crippen LogP contribution in [-0.2, 0) is 11.3 Å². The zero-order valence-corrected chi connectivity index (χ0v) is 14.7. The van der Waals surface area contributed by atoms with Gasteiger partial charge in [-0.3, -0.25) is 9.48 Å². The van der Waals surface area contributed by atoms with E-state index in [4.69, 9.17) is 4.74 Å². The largest absolute Gasteiger partial charge is 0.379 e. The number of anilines is 1. The number of aromatic nitrogens is 4. The van der Waals surface area contributed by atoms with Crippen molar-refractivity contribution in [2.24, 2.45) is 5.92 Å². The Morgan fingerprint density at radius 1 is 1.23 bits per heavy atom. The molecule has 8 nitrogen and oxygen atoms in total. The van der Waals surface area contributed by atoms with E-state index < -0.39 is 0 Å². The number of amides is 1. The Hall–Kier alpha value is -2.48. The quantitative estimate of drug-likeness (QED) is 0.814. The Kier molecular flexibility index (Phi) is 5.10. The standard InChI is InChI=1S/C18H24N6O2/c25-18(16-4-8-21-24(16)10-13-2-1-3-13)23-14-6-9-26-11-15(14)22-17-5-7-19-12-20-17/h4-5,7-8,12-15H,1-3,6,9-11H2,(H,23,25)(H,19,20,22)/t14-,15+/m0/s1. The van der Waals surface area contributed by atoms with Gasteiger partial charge in [0, 0.05) is 25.5 Å². The summed E-state index contributed by atoms with van der Waals surface area (Å²) in [5, 5.41) is 10.8. The van der Waals surface area contributed by atoms with Crippen LogP contribution in [0.25, 0.3) is 0 Å². The minimum atomic E-state index is -0.0804. The Bertz CT molecular complexity index is 730. The maximum absolute atomic E-state index is 12.8. The summed E-state index contributed by atoms with van der Waals surface area (Å²) >= 11 is 0. The van der Waals surface area contributed by atoms with Crippen molar-refractivity contribution in [1.29, 1.82) is 0 Å². The van der Waals surface area contributed by atoms with Crippen molar-refractivity contribution in [3.63, 3.8) is 0 Å². The zero-order valence-electron chi connectivity index (χ0n) is 14.7. The predicted octanol–water partition coefficient (Wildman–Crippen LogP) is 1.47. The van der Waals surface area contributed by atoms with Crippen LogP contribution < -0.4 is 10.6 Å². The van der Waals surface area contributed by atoms with Gasteiger partial charge in [0.15, 0.2) is 0 Å². The van der Waals surface area contributed by atoms with Gasteiger partial charge in [-0.25, -0.2) is 9.97 Å². The van der Waals surface area contributed by atoms with Crippen LogP contribution in [0.3, 0.4) is 0 Å². The van der Waals surface area contributed by atoms with Gasteiger partial charge in [0.2, 0.25) is 0 Å². The molecule has 2 atom stereocenters. The predicted molar refractivity (Wildman–Crippen MR) is 95.7 cm³/mol. The first kappa shape index (κ1) is 17.0. The summed E-state index contributed by atoms with van der Waals surface area (Å²) in [5.41, 5.74) is 0.629. The molecular weight excluding hydrogens is 332 g/mol. The smallest absolute Gasteiger partial charge is 0.269 e. The topological polar surface area (TPSA) is 94.0 Å². The molecule has 0 bridgehead atoms. The highest BCUT2D eigenvalue weighted by atomic mass is 16.5. The number of rotatable bonds is 6. The number of carbonyl (C=O) groups is 1. The van der Waals surface area contributed by atoms with Gasteiger partial charge in [-0.2, -0.15) is 5.10 Å². The van der Waals surface area contributed by atoms with E-state index in [1.165, 1.54) is 25.6 Å². The lowest BCUT2D eigenvalue weighted by molar-refractivity contribution is 0.0615. The number of nitrogens with zero attached hydrogens (tertiary/aromatic N) is 4. The Morgan fingerprint density at radius 2 is 2.15 bits per heavy atom. The minimum Gasteiger partial charge on any atom is -0.379 e. The van der Waals surface area contributed by atoms with Crippen LogP contribution in [0.1, 0.15) is 36.2 Å². The first-order valence-electron chi connectivity index (χ1n) is 9.22. The number of nitrogens with one attached hydrogen (secondary N) is 2. The molecule has 26 heavy (non-hydrogen) atoms. The van der Waals surface area contributed by atoms with Crippen molar-refractivity contribution in [2.75, 3.05) is 18.5 Å². The fraction of sp³-hybridized carbons (Fsp3) is 0.556. The van der Waals surface area contributed by atoms with Gasteiger partial charge in [-0.15, -0.1) is 0 Å². The Morgan fingerprint density at radius 3 is 2.92 bits per heavy atom. The molecule has 4 rings (SSSR count). The molecule has 0 spiro atoms. The fourth-order valence-corrected chi connectivity index (χ4v) is 3.45. The molecule has 2 fully saturated rings. The van der Waals surface area contributed by atoms with Gasteiger partial charge in [0.25, 0.3) is 5.91 Å². The van der Waals surface area contributed by atoms with Gasteiger partial charge in [-0.05, 0) is 37.3 Å². The molecule has 2 aliphatic rings. The van der Waals surface area contributed by atoms with Crippen LogP contribution in [0.15, 0.2) is 30.9 Å². The van der Waals surface area contributed by atoms with Crippen LogP contribution in [0.4, 0.5) is 5.82 Å². The molecule has 2 N–H and O–H groups in total. The van der Waals surface area contributed by atoms with Crippen LogP contribution in [0.2, 0.25) is 0 Å². The average molecular weight is 356 g/mol. The molecule has 1 saturated heterocycles. The van der Waals surface area contributed by atoms with E-state index >= 15 is 0 Å². The first-order chi connectivity index (χ1) is 12.8. The first-order valence-corrected chi connectivity index (χ1v) is 9.22. The maximum Gasteiger partial charge on any atom is 0.269 e. The number of hydrogen-bond donors (Lipinski definition) is 2. The van der Waals surface area contributed by atoms with Gasteiger partial charge < -0.3 is 15.4 Å². The molecule has 138 valence electrons. The van der Waals surface area contributed by atoms with E-state index in [0.717, 1.165) is 18.8 Å². The molecule has 0 aromatic carbocycles. The second-order valence-electron chi connectivity index (χ2n) is 6.98. The third kappa shape index (κ3) is 3.85. The lowest BCUT2D eigenvalue weighted by atomic mass is 9.85. The SMILES string of the molecule is O=C(N[C@H]1CCOC[C@H]1Nc1ccncn1)c1ccnn1CC1CCC1. The molecule has 0 radical (unpaired) electrons. The second-order valence-corrected chi connectivity index (χ2v) is 6.98. The summed E-state index contributed by atoms with van der Waals surface area (Å²) in [6, 6.07) is 3.53. The molecule has 8 heteroatoms. The molecule has 1 saturated carbocycles. The monoisotopic (exact) mass is 356 g/mol. The molecule has 1 aliphatic carbocycles. The number of hydrogen-bond acceptors (Lipinski definition) is 6. The highest BCUT2D eigenvalue weighted by Gasteiger charge is 2.29. The number of carbonyl (C=O) groups excluding carboxylic acids is 1. The van der Waals surface area contributed by atoms with E-state index in [1.807, 2.05) is 4.68 Å². The van der Waals surface area contributed by atoms with Gasteiger partial charge in [0.05, 0.1) is 18.7 Å². The van der Waals surface area contributed by atoms with Gasteiger partial charge in [-0.1, -0.05) is 6.42 Å². The van der Waals surface area contributed by atoms with Crippen molar-refractivity contribution in [1.82, 2.24) is 25.1 Å². The zero-order chi connectivity index (χ0) is 17.8. The van der Waals surface area contributed by atoms with Crippen LogP contribution in [0.5, 0.6) is 0 Å². The lowest BCUT2D eigenvalue weighted by Gasteiger charge is -2.33. The molecule has 0 unspecified atom stereocenters. The maximum atomic E-state index is 12.8. The summed E-state index contributed by atoms with van der Waals surface area (Å²) in [5.74, 6) is 1.30. The molecule has 2 aromatic heterocycles. The molecule has 2 aromatic rings. The Balaban J connectivity index is 1.41. The second kappa shape index (κ2) is 7.82. The van der Waals surface area contributed by atoms with Crippen molar-refractivity contribution in [3.8, 4) is 0 Å². The van der Waals surface area contributed by atoms with E-state index in [1.54, 1.807) is 24.5 Å². The van der Waals surface area contributed by atoms with Gasteiger partial charge >= 0.3 is 0 Å². The van der Waals surface area contributed by atoms with Gasteiger partial charge in [0.1, 0.15) is 17.8 Å². The highest BCUT2D eigenvalue weighted by molar-refractivity contribution is 5.92.